The second kappa shape index (κ2) is 5.96. The molecule has 1 atom stereocenters. The molecule has 1 rings (SSSR count). The highest BCUT2D eigenvalue weighted by Gasteiger charge is 2.12. The number of hydrogen-bond donors (Lipinski definition) is 4. The van der Waals surface area contributed by atoms with Crippen molar-refractivity contribution in [2.24, 2.45) is 5.73 Å². The van der Waals surface area contributed by atoms with E-state index >= 15 is 0 Å². The van der Waals surface area contributed by atoms with E-state index in [-0.39, 0.29) is 30.6 Å². The molecule has 0 saturated heterocycles. The third-order valence-electron chi connectivity index (χ3n) is 1.76. The van der Waals surface area contributed by atoms with Gasteiger partial charge in [0, 0.05) is 0 Å². The highest BCUT2D eigenvalue weighted by atomic mass is 16.5. The third kappa shape index (κ3) is 4.37. The zero-order valence-corrected chi connectivity index (χ0v) is 10.1. The van der Waals surface area contributed by atoms with Gasteiger partial charge in [0.15, 0.2) is 0 Å². The van der Waals surface area contributed by atoms with Crippen molar-refractivity contribution < 1.29 is 14.6 Å². The van der Waals surface area contributed by atoms with Crippen LogP contribution in [0.2, 0.25) is 0 Å². The summed E-state index contributed by atoms with van der Waals surface area (Å²) in [6, 6.07) is 0.0635. The maximum Gasteiger partial charge on any atom is 0.323 e. The van der Waals surface area contributed by atoms with E-state index in [9.17, 15) is 9.90 Å². The fraction of sp³-hybridized carbons (Fsp3) is 0.556. The van der Waals surface area contributed by atoms with E-state index in [1.54, 1.807) is 0 Å². The summed E-state index contributed by atoms with van der Waals surface area (Å²) in [5, 5.41) is 11.8. The van der Waals surface area contributed by atoms with Crippen molar-refractivity contribution in [2.45, 2.75) is 26.1 Å². The first kappa shape index (κ1) is 13.9. The van der Waals surface area contributed by atoms with Crippen LogP contribution in [-0.4, -0.2) is 44.7 Å². The van der Waals surface area contributed by atoms with Gasteiger partial charge in [0.1, 0.15) is 6.10 Å². The van der Waals surface area contributed by atoms with Gasteiger partial charge in [-0.2, -0.15) is 15.0 Å². The zero-order chi connectivity index (χ0) is 13.7. The van der Waals surface area contributed by atoms with Crippen LogP contribution in [0.25, 0.3) is 0 Å². The molecular weight excluding hydrogens is 240 g/mol. The minimum absolute atomic E-state index is 0.0308. The molecular formula is C9H16N6O3. The lowest BCUT2D eigenvalue weighted by Crippen LogP contribution is -2.34. The van der Waals surface area contributed by atoms with Gasteiger partial charge in [-0.1, -0.05) is 0 Å². The average molecular weight is 256 g/mol. The van der Waals surface area contributed by atoms with Crippen LogP contribution >= 0.6 is 0 Å². The number of primary amides is 1. The number of nitrogens with two attached hydrogens (primary N) is 2. The Morgan fingerprint density at radius 3 is 2.67 bits per heavy atom. The Morgan fingerprint density at radius 1 is 1.44 bits per heavy atom. The summed E-state index contributed by atoms with van der Waals surface area (Å²) >= 11 is 0. The highest BCUT2D eigenvalue weighted by molar-refractivity contribution is 5.79. The van der Waals surface area contributed by atoms with E-state index in [0.29, 0.717) is 0 Å². The third-order valence-corrected chi connectivity index (χ3v) is 1.76. The molecule has 0 aliphatic heterocycles. The van der Waals surface area contributed by atoms with Crippen molar-refractivity contribution in [3.8, 4) is 6.01 Å². The van der Waals surface area contributed by atoms with Crippen LogP contribution in [0, 0.1) is 0 Å². The van der Waals surface area contributed by atoms with Crippen LogP contribution in [0.1, 0.15) is 13.8 Å². The summed E-state index contributed by atoms with van der Waals surface area (Å²) in [6.45, 7) is 3.49. The SMILES string of the molecule is CC(C)Oc1nc(N)nc(NCC(O)C(N)=O)n1. The van der Waals surface area contributed by atoms with Crippen molar-refractivity contribution in [3.05, 3.63) is 0 Å². The van der Waals surface area contributed by atoms with Gasteiger partial charge in [-0.25, -0.2) is 0 Å². The molecule has 9 heteroatoms. The minimum atomic E-state index is -1.34. The maximum absolute atomic E-state index is 10.6. The Bertz CT molecular complexity index is 425. The van der Waals surface area contributed by atoms with Gasteiger partial charge in [0.05, 0.1) is 12.6 Å². The van der Waals surface area contributed by atoms with Gasteiger partial charge < -0.3 is 26.6 Å². The number of nitrogen functional groups attached to an aromatic ring is 1. The molecule has 1 aromatic heterocycles. The largest absolute Gasteiger partial charge is 0.461 e. The van der Waals surface area contributed by atoms with Crippen molar-refractivity contribution >= 4 is 17.8 Å². The fourth-order valence-corrected chi connectivity index (χ4v) is 1.00. The number of aliphatic hydroxyl groups excluding tert-OH is 1. The molecule has 1 heterocycles. The van der Waals surface area contributed by atoms with Crippen LogP contribution in [0.3, 0.4) is 0 Å². The van der Waals surface area contributed by atoms with E-state index in [2.05, 4.69) is 20.3 Å². The van der Waals surface area contributed by atoms with Crippen LogP contribution < -0.4 is 21.5 Å². The van der Waals surface area contributed by atoms with Crippen molar-refractivity contribution in [1.82, 2.24) is 15.0 Å². The second-order valence-corrected chi connectivity index (χ2v) is 3.77. The van der Waals surface area contributed by atoms with Crippen LogP contribution in [0.4, 0.5) is 11.9 Å². The molecule has 1 unspecified atom stereocenters. The molecule has 0 aromatic carbocycles. The molecule has 18 heavy (non-hydrogen) atoms. The van der Waals surface area contributed by atoms with Crippen LogP contribution in [-0.2, 0) is 4.79 Å². The number of aromatic nitrogens is 3. The predicted molar refractivity (Wildman–Crippen MR) is 63.7 cm³/mol. The topological polar surface area (TPSA) is 149 Å². The standard InChI is InChI=1S/C9H16N6O3/c1-4(2)18-9-14-7(11)13-8(15-9)12-3-5(16)6(10)17/h4-5,16H,3H2,1-2H3,(H2,10,17)(H3,11,12,13,14,15). The highest BCUT2D eigenvalue weighted by Crippen LogP contribution is 2.10. The molecule has 0 spiro atoms. The first-order chi connectivity index (χ1) is 8.38. The molecule has 1 amide bonds. The van der Waals surface area contributed by atoms with Gasteiger partial charge in [0.2, 0.25) is 17.8 Å². The molecule has 100 valence electrons. The lowest BCUT2D eigenvalue weighted by molar-refractivity contribution is -0.125. The molecule has 1 aromatic rings. The number of amides is 1. The van der Waals surface area contributed by atoms with Gasteiger partial charge in [-0.3, -0.25) is 4.79 Å². The van der Waals surface area contributed by atoms with Gasteiger partial charge in [0.25, 0.3) is 0 Å². The molecule has 0 radical (unpaired) electrons. The van der Waals surface area contributed by atoms with Gasteiger partial charge in [-0.15, -0.1) is 0 Å². The number of carbonyl (C=O) groups is 1. The zero-order valence-electron chi connectivity index (χ0n) is 10.1. The molecule has 0 fully saturated rings. The molecule has 0 saturated carbocycles. The molecule has 0 aliphatic carbocycles. The van der Waals surface area contributed by atoms with Crippen molar-refractivity contribution in [1.29, 1.82) is 0 Å². The van der Waals surface area contributed by atoms with Crippen molar-refractivity contribution in [2.75, 3.05) is 17.6 Å². The van der Waals surface area contributed by atoms with Crippen LogP contribution in [0.5, 0.6) is 6.01 Å². The summed E-state index contributed by atoms with van der Waals surface area (Å²) in [4.78, 5) is 22.1. The van der Waals surface area contributed by atoms with Crippen LogP contribution in [0.15, 0.2) is 0 Å². The summed E-state index contributed by atoms with van der Waals surface area (Å²) < 4.78 is 5.25. The first-order valence-corrected chi connectivity index (χ1v) is 5.28. The fourth-order valence-electron chi connectivity index (χ4n) is 1.00. The smallest absolute Gasteiger partial charge is 0.323 e. The maximum atomic E-state index is 10.6. The lowest BCUT2D eigenvalue weighted by atomic mass is 10.3. The monoisotopic (exact) mass is 256 g/mol. The Morgan fingerprint density at radius 2 is 2.11 bits per heavy atom. The van der Waals surface area contributed by atoms with Gasteiger partial charge in [-0.05, 0) is 13.8 Å². The quantitative estimate of drug-likeness (QED) is 0.480. The molecule has 0 bridgehead atoms. The Hall–Kier alpha value is -2.16. The van der Waals surface area contributed by atoms with Gasteiger partial charge >= 0.3 is 6.01 Å². The van der Waals surface area contributed by atoms with E-state index < -0.39 is 12.0 Å². The van der Waals surface area contributed by atoms with E-state index in [0.717, 1.165) is 0 Å². The minimum Gasteiger partial charge on any atom is -0.461 e. The number of hydrogen-bond acceptors (Lipinski definition) is 8. The Balaban J connectivity index is 2.71. The summed E-state index contributed by atoms with van der Waals surface area (Å²) in [5.74, 6) is -0.779. The normalized spacial score (nSPS) is 12.2. The number of nitrogens with one attached hydrogen (secondary N) is 1. The first-order valence-electron chi connectivity index (χ1n) is 5.28. The number of nitrogens with zero attached hydrogens (tertiary/aromatic N) is 3. The Kier molecular flexibility index (Phi) is 4.60. The number of carbonyl (C=O) groups excluding carboxylic acids is 1. The van der Waals surface area contributed by atoms with E-state index in [4.69, 9.17) is 16.2 Å². The molecule has 0 aliphatic rings. The molecule has 6 N–H and O–H groups in total. The number of anilines is 2. The van der Waals surface area contributed by atoms with Crippen molar-refractivity contribution in [3.63, 3.8) is 0 Å². The Labute approximate surface area is 104 Å². The molecule has 9 nitrogen and oxygen atoms in total. The summed E-state index contributed by atoms with van der Waals surface area (Å²) in [7, 11) is 0. The number of ether oxygens (including phenoxy) is 1. The lowest BCUT2D eigenvalue weighted by Gasteiger charge is -2.11. The second-order valence-electron chi connectivity index (χ2n) is 3.77. The van der Waals surface area contributed by atoms with E-state index in [1.165, 1.54) is 0 Å². The number of aliphatic hydroxyl groups is 1. The predicted octanol–water partition coefficient (Wildman–Crippen LogP) is -1.50. The summed E-state index contributed by atoms with van der Waals surface area (Å²) in [6.07, 6.45) is -1.45. The number of rotatable bonds is 6. The average Bonchev–Trinajstić information content (AvgIpc) is 2.23. The summed E-state index contributed by atoms with van der Waals surface area (Å²) in [5.41, 5.74) is 10.4. The van der Waals surface area contributed by atoms with E-state index in [1.807, 2.05) is 13.8 Å².